The second-order valence-electron chi connectivity index (χ2n) is 5.28. The average Bonchev–Trinajstić information content (AvgIpc) is 2.40. The molecule has 0 radical (unpaired) electrons. The van der Waals surface area contributed by atoms with Crippen LogP contribution >= 0.6 is 15.9 Å². The Bertz CT molecular complexity index is 455. The van der Waals surface area contributed by atoms with Crippen molar-refractivity contribution in [1.29, 1.82) is 0 Å². The lowest BCUT2D eigenvalue weighted by atomic mass is 9.94. The summed E-state index contributed by atoms with van der Waals surface area (Å²) >= 11 is 3.45. The molecule has 1 aliphatic carbocycles. The second kappa shape index (κ2) is 6.53. The van der Waals surface area contributed by atoms with Gasteiger partial charge in [0, 0.05) is 10.5 Å². The summed E-state index contributed by atoms with van der Waals surface area (Å²) in [6, 6.07) is 5.47. The van der Waals surface area contributed by atoms with Gasteiger partial charge in [-0.15, -0.1) is 0 Å². The van der Waals surface area contributed by atoms with Crippen molar-refractivity contribution in [3.05, 3.63) is 33.8 Å². The van der Waals surface area contributed by atoms with Crippen LogP contribution in [0.2, 0.25) is 0 Å². The maximum Gasteiger partial charge on any atom is 0.325 e. The number of hydrogen-bond acceptors (Lipinski definition) is 2. The summed E-state index contributed by atoms with van der Waals surface area (Å²) in [5.74, 6) is -0.799. The van der Waals surface area contributed by atoms with Gasteiger partial charge in [-0.1, -0.05) is 47.3 Å². The van der Waals surface area contributed by atoms with Crippen LogP contribution in [0.3, 0.4) is 0 Å². The SMILES string of the molecule is Cc1cc(C(NC2CCCCC2)C(=O)O)ccc1Br. The Morgan fingerprint density at radius 3 is 2.63 bits per heavy atom. The maximum absolute atomic E-state index is 11.5. The van der Waals surface area contributed by atoms with E-state index in [1.807, 2.05) is 25.1 Å². The molecule has 0 aliphatic heterocycles. The molecule has 0 spiro atoms. The molecule has 4 heteroatoms. The van der Waals surface area contributed by atoms with Crippen molar-refractivity contribution in [1.82, 2.24) is 5.32 Å². The van der Waals surface area contributed by atoms with Gasteiger partial charge in [0.2, 0.25) is 0 Å². The highest BCUT2D eigenvalue weighted by atomic mass is 79.9. The molecule has 1 fully saturated rings. The fraction of sp³-hybridized carbons (Fsp3) is 0.533. The Morgan fingerprint density at radius 2 is 2.05 bits per heavy atom. The highest BCUT2D eigenvalue weighted by Gasteiger charge is 2.24. The lowest BCUT2D eigenvalue weighted by Gasteiger charge is -2.27. The first-order chi connectivity index (χ1) is 9.08. The number of hydrogen-bond donors (Lipinski definition) is 2. The molecule has 1 unspecified atom stereocenters. The summed E-state index contributed by atoms with van der Waals surface area (Å²) in [5.41, 5.74) is 1.90. The number of carboxylic acids is 1. The predicted molar refractivity (Wildman–Crippen MR) is 79.3 cm³/mol. The fourth-order valence-electron chi connectivity index (χ4n) is 2.66. The van der Waals surface area contributed by atoms with E-state index in [0.29, 0.717) is 6.04 Å². The van der Waals surface area contributed by atoms with E-state index in [1.54, 1.807) is 0 Å². The Labute approximate surface area is 122 Å². The molecule has 104 valence electrons. The lowest BCUT2D eigenvalue weighted by Crippen LogP contribution is -2.38. The van der Waals surface area contributed by atoms with Crippen LogP contribution in [0.1, 0.15) is 49.3 Å². The van der Waals surface area contributed by atoms with Gasteiger partial charge in [-0.2, -0.15) is 0 Å². The highest BCUT2D eigenvalue weighted by molar-refractivity contribution is 9.10. The zero-order valence-electron chi connectivity index (χ0n) is 11.2. The summed E-state index contributed by atoms with van der Waals surface area (Å²) < 4.78 is 1.01. The van der Waals surface area contributed by atoms with Gasteiger partial charge in [-0.05, 0) is 37.0 Å². The molecule has 3 nitrogen and oxygen atoms in total. The highest BCUT2D eigenvalue weighted by Crippen LogP contribution is 2.24. The van der Waals surface area contributed by atoms with Gasteiger partial charge < -0.3 is 5.11 Å². The minimum absolute atomic E-state index is 0.332. The Kier molecular flexibility index (Phi) is 4.99. The minimum atomic E-state index is -0.799. The summed E-state index contributed by atoms with van der Waals surface area (Å²) in [7, 11) is 0. The number of carboxylic acid groups (broad SMARTS) is 1. The molecule has 1 aromatic rings. The number of nitrogens with one attached hydrogen (secondary N) is 1. The molecular weight excluding hydrogens is 306 g/mol. The third-order valence-corrected chi connectivity index (χ3v) is 4.66. The van der Waals surface area contributed by atoms with E-state index >= 15 is 0 Å². The van der Waals surface area contributed by atoms with Crippen molar-refractivity contribution < 1.29 is 9.90 Å². The van der Waals surface area contributed by atoms with E-state index in [9.17, 15) is 9.90 Å². The van der Waals surface area contributed by atoms with E-state index in [-0.39, 0.29) is 0 Å². The number of benzene rings is 1. The van der Waals surface area contributed by atoms with E-state index in [1.165, 1.54) is 19.3 Å². The molecule has 19 heavy (non-hydrogen) atoms. The molecule has 0 saturated heterocycles. The van der Waals surface area contributed by atoms with Crippen molar-refractivity contribution in [3.8, 4) is 0 Å². The van der Waals surface area contributed by atoms with Crippen LogP contribution in [0, 0.1) is 6.92 Å². The van der Waals surface area contributed by atoms with Crippen molar-refractivity contribution in [3.63, 3.8) is 0 Å². The lowest BCUT2D eigenvalue weighted by molar-refractivity contribution is -0.140. The molecule has 0 heterocycles. The molecular formula is C15H20BrNO2. The van der Waals surface area contributed by atoms with Crippen LogP contribution in [-0.2, 0) is 4.79 Å². The van der Waals surface area contributed by atoms with Gasteiger partial charge in [0.15, 0.2) is 0 Å². The number of carbonyl (C=O) groups is 1. The van der Waals surface area contributed by atoms with Crippen LogP contribution in [0.25, 0.3) is 0 Å². The monoisotopic (exact) mass is 325 g/mol. The van der Waals surface area contributed by atoms with Gasteiger partial charge in [-0.25, -0.2) is 0 Å². The molecule has 2 N–H and O–H groups in total. The van der Waals surface area contributed by atoms with Gasteiger partial charge in [0.05, 0.1) is 0 Å². The van der Waals surface area contributed by atoms with Crippen molar-refractivity contribution >= 4 is 21.9 Å². The number of rotatable bonds is 4. The molecule has 1 saturated carbocycles. The number of halogens is 1. The Morgan fingerprint density at radius 1 is 1.37 bits per heavy atom. The second-order valence-corrected chi connectivity index (χ2v) is 6.14. The third kappa shape index (κ3) is 3.80. The molecule has 0 amide bonds. The third-order valence-electron chi connectivity index (χ3n) is 3.77. The summed E-state index contributed by atoms with van der Waals surface area (Å²) in [5, 5.41) is 12.7. The van der Waals surface area contributed by atoms with Crippen LogP contribution in [0.15, 0.2) is 22.7 Å². The van der Waals surface area contributed by atoms with E-state index < -0.39 is 12.0 Å². The Hall–Kier alpha value is -0.870. The first kappa shape index (κ1) is 14.5. The largest absolute Gasteiger partial charge is 0.480 e. The minimum Gasteiger partial charge on any atom is -0.480 e. The quantitative estimate of drug-likeness (QED) is 0.885. The normalized spacial score (nSPS) is 18.2. The summed E-state index contributed by atoms with van der Waals surface area (Å²) in [6.45, 7) is 1.98. The molecule has 1 aromatic carbocycles. The molecule has 2 rings (SSSR count). The first-order valence-corrected chi connectivity index (χ1v) is 7.62. The molecule has 0 bridgehead atoms. The van der Waals surface area contributed by atoms with Crippen LogP contribution < -0.4 is 5.32 Å². The van der Waals surface area contributed by atoms with Crippen LogP contribution in [-0.4, -0.2) is 17.1 Å². The van der Waals surface area contributed by atoms with Gasteiger partial charge in [0.25, 0.3) is 0 Å². The van der Waals surface area contributed by atoms with Crippen molar-refractivity contribution in [2.45, 2.75) is 51.1 Å². The van der Waals surface area contributed by atoms with Crippen LogP contribution in [0.5, 0.6) is 0 Å². The topological polar surface area (TPSA) is 49.3 Å². The fourth-order valence-corrected chi connectivity index (χ4v) is 2.91. The molecule has 1 atom stereocenters. The molecule has 1 aliphatic rings. The smallest absolute Gasteiger partial charge is 0.325 e. The predicted octanol–water partition coefficient (Wildman–Crippen LogP) is 3.81. The van der Waals surface area contributed by atoms with Crippen molar-refractivity contribution in [2.24, 2.45) is 0 Å². The number of aryl methyl sites for hydroxylation is 1. The van der Waals surface area contributed by atoms with Crippen molar-refractivity contribution in [2.75, 3.05) is 0 Å². The zero-order chi connectivity index (χ0) is 13.8. The van der Waals surface area contributed by atoms with Gasteiger partial charge >= 0.3 is 5.97 Å². The summed E-state index contributed by atoms with van der Waals surface area (Å²) in [6.07, 6.45) is 5.83. The van der Waals surface area contributed by atoms with E-state index in [2.05, 4.69) is 21.2 Å². The maximum atomic E-state index is 11.5. The number of aliphatic carboxylic acids is 1. The molecule has 0 aromatic heterocycles. The standard InChI is InChI=1S/C15H20BrNO2/c1-10-9-11(7-8-13(10)16)14(15(18)19)17-12-5-3-2-4-6-12/h7-9,12,14,17H,2-6H2,1H3,(H,18,19). The van der Waals surface area contributed by atoms with Crippen LogP contribution in [0.4, 0.5) is 0 Å². The van der Waals surface area contributed by atoms with E-state index in [4.69, 9.17) is 0 Å². The van der Waals surface area contributed by atoms with E-state index in [0.717, 1.165) is 28.4 Å². The zero-order valence-corrected chi connectivity index (χ0v) is 12.7. The average molecular weight is 326 g/mol. The van der Waals surface area contributed by atoms with Gasteiger partial charge in [0.1, 0.15) is 6.04 Å². The summed E-state index contributed by atoms with van der Waals surface area (Å²) in [4.78, 5) is 11.5. The Balaban J connectivity index is 2.14. The van der Waals surface area contributed by atoms with Gasteiger partial charge in [-0.3, -0.25) is 10.1 Å². The first-order valence-electron chi connectivity index (χ1n) is 6.83.